The van der Waals surface area contributed by atoms with E-state index in [1.54, 1.807) is 95.5 Å². The fourth-order valence-electron chi connectivity index (χ4n) is 13.9. The standard InChI is InChI=1S/C18H22FN3.C14H21NO2.C13H20N2O2.C13H22N2O.C13H20N2.C11H16O.C9H16O4.C7H5ClO2.C5H3F2N.C3H9NO.CH3I/c1-14-11-21(13-16-7-4-3-5-8-16)12-15(2)22(14)18-10-6-9-17(19)20-18;1-11(2)14(17)15(9-12(3)16)10-13-7-5-4-6-8-13;1-10(16)8-15(13(17)11(2)14)9-12-6-4-3-5-7-12;1-11(14)8-15(9-12(2)16)10-13-6-4-3-5-7-13;1-11-8-15(9-12(2)14-11)10-13-6-4-3-5-7-13;1-10(12)6-5-9-11-7-3-2-4-8-11;1-6(8(11)12)5-7(10)13-9(2,3)4;8-7(9)10-6-4-2-1-3-5-6;6-4-2-1-3-5(7)8-4;1-3(5)2-4;1-2/h3-10,14-15H,11-13H2,1-2H3;4-8,11-12,16H,9-10H2,1-3H3;3-7,10-11,16H,8-9,14H2,1-2H3;3-7,11-12,16H,8-10,14H2,1-2H3;3-7,11-12,14H,8-10H2,1-2H3;2-4,7-8,10,12H,5-6,9H2,1H3;6H,5H2,1-4H3,(H,11,12);1-5H;1-3H;3,5H,2,4H2,1H3;1H3/t14-,15-;12-;10-,11+;11-,12+;11-,12-;10-;6-;;;3-;/m0110011..1./s1/i;;;;;;;;;;1D. The zero-order valence-electron chi connectivity index (χ0n) is 84.4. The minimum atomic E-state index is -0.981. The predicted molar refractivity (Wildman–Crippen MR) is 555 cm³/mol. The number of pyridine rings is 2. The van der Waals surface area contributed by atoms with Crippen LogP contribution in [0, 0.1) is 29.7 Å². The van der Waals surface area contributed by atoms with E-state index in [4.69, 9.17) is 50.2 Å². The molecular weight excluding hydrogens is 1880 g/mol. The number of nitrogens with zero attached hydrogens (tertiary/aromatic N) is 8. The monoisotopic (exact) mass is 2040 g/mol. The highest BCUT2D eigenvalue weighted by Gasteiger charge is 2.31. The molecule has 2 aliphatic rings. The van der Waals surface area contributed by atoms with Gasteiger partial charge >= 0.3 is 17.4 Å². The predicted octanol–water partition coefficient (Wildman–Crippen LogP) is 17.2. The Morgan fingerprint density at radius 3 is 1.19 bits per heavy atom. The fourth-order valence-corrected chi connectivity index (χ4v) is 14.0. The number of aliphatic carboxylic acids is 1. The molecule has 2 saturated heterocycles. The number of nitrogens with two attached hydrogens (primary N) is 3. The van der Waals surface area contributed by atoms with Crippen LogP contribution >= 0.6 is 34.2 Å². The topological polar surface area (TPSA) is 360 Å². The third kappa shape index (κ3) is 63.5. The lowest BCUT2D eigenvalue weighted by molar-refractivity contribution is -0.159. The molecule has 758 valence electrons. The number of nitrogens with one attached hydrogen (secondary N) is 1. The van der Waals surface area contributed by atoms with Crippen LogP contribution in [-0.2, 0) is 63.1 Å². The number of aliphatic hydroxyl groups is 5. The number of amides is 2. The molecule has 2 amide bonds. The van der Waals surface area contributed by atoms with Crippen molar-refractivity contribution in [2.24, 2.45) is 29.0 Å². The number of benzene rings is 7. The van der Waals surface area contributed by atoms with Crippen molar-refractivity contribution in [3.05, 3.63) is 300 Å². The van der Waals surface area contributed by atoms with Gasteiger partial charge in [0, 0.05) is 141 Å². The van der Waals surface area contributed by atoms with E-state index in [0.717, 1.165) is 101 Å². The summed E-state index contributed by atoms with van der Waals surface area (Å²) < 4.78 is 52.7. The smallest absolute Gasteiger partial charge is 0.409 e. The van der Waals surface area contributed by atoms with Crippen molar-refractivity contribution in [3.8, 4) is 5.75 Å². The number of halogens is 5. The second kappa shape index (κ2) is 72.6. The number of carboxylic acid groups (broad SMARTS) is 1. The van der Waals surface area contributed by atoms with Gasteiger partial charge in [0.05, 0.1) is 48.9 Å². The molecule has 11 rings (SSSR count). The number of ether oxygens (including phenoxy) is 2. The average Bonchev–Trinajstić information content (AvgIpc) is 0.804. The van der Waals surface area contributed by atoms with E-state index < -0.39 is 65.0 Å². The summed E-state index contributed by atoms with van der Waals surface area (Å²) in [7, 11) is 0. The number of rotatable bonds is 30. The molecule has 0 radical (unpaired) electrons. The van der Waals surface area contributed by atoms with E-state index in [-0.39, 0.29) is 48.5 Å². The maximum atomic E-state index is 13.4. The van der Waals surface area contributed by atoms with Crippen LogP contribution in [-0.4, -0.2) is 230 Å². The van der Waals surface area contributed by atoms with E-state index in [1.807, 2.05) is 153 Å². The quantitative estimate of drug-likeness (QED) is 0.00657. The second-order valence-corrected chi connectivity index (χ2v) is 35.9. The SMILES string of the molecule is CC(C)C(=O)N(Cc1ccccc1)C[C@@H](C)O.C[C@@H](O)CCCc1ccccc1.C[C@@H](O)CN.C[C@H](CC(=O)OC(C)(C)C)C(=O)O.C[C@H](N)C(=O)N(Cc1ccccc1)C[C@@H](C)O.C[C@H](N)CN(Cc1ccccc1)C[C@@H](C)O.C[C@H]1CN(Cc2ccccc2)C[C@H](C)N1.C[C@H]1CN(Cc2ccccc2)C[C@H](C)N1c1cccc(F)n1.Fc1cccc(F)n1.O=C(Cl)Oc1ccccc1.[2H]CI. The Morgan fingerprint density at radius 1 is 0.504 bits per heavy atom. The lowest BCUT2D eigenvalue weighted by atomic mass is 10.1. The van der Waals surface area contributed by atoms with E-state index >= 15 is 0 Å². The summed E-state index contributed by atoms with van der Waals surface area (Å²) in [6, 6.07) is 79.9. The molecule has 9 aromatic rings. The van der Waals surface area contributed by atoms with E-state index in [2.05, 4.69) is 158 Å². The Bertz CT molecular complexity index is 4500. The van der Waals surface area contributed by atoms with Crippen LogP contribution in [0.2, 0.25) is 0 Å². The van der Waals surface area contributed by atoms with E-state index in [0.29, 0.717) is 74.1 Å². The first-order chi connectivity index (χ1) is 65.2. The normalized spacial score (nSPS) is 16.1. The minimum Gasteiger partial charge on any atom is -0.481 e. The van der Waals surface area contributed by atoms with Crippen molar-refractivity contribution in [2.45, 2.75) is 248 Å². The number of carboxylic acids is 1. The third-order valence-corrected chi connectivity index (χ3v) is 19.6. The summed E-state index contributed by atoms with van der Waals surface area (Å²) in [5.41, 5.74) is 22.4. The third-order valence-electron chi connectivity index (χ3n) is 19.5. The van der Waals surface area contributed by atoms with Gasteiger partial charge in [-0.15, -0.1) is 0 Å². The van der Waals surface area contributed by atoms with Crippen LogP contribution < -0.4 is 32.2 Å². The number of aryl methyl sites for hydroxylation is 1. The van der Waals surface area contributed by atoms with Gasteiger partial charge in [0.1, 0.15) is 17.2 Å². The molecule has 25 nitrogen and oxygen atoms in total. The van der Waals surface area contributed by atoms with Gasteiger partial charge < -0.3 is 77.3 Å². The molecule has 30 heteroatoms. The fraction of sp³-hybridized carbons (Fsp3) is 0.467. The average molecular weight is 2040 g/mol. The summed E-state index contributed by atoms with van der Waals surface area (Å²) in [5.74, 6) is -3.04. The number of alkyl halides is 1. The van der Waals surface area contributed by atoms with Gasteiger partial charge in [-0.2, -0.15) is 18.2 Å². The number of aromatic nitrogens is 2. The molecule has 0 aliphatic carbocycles. The summed E-state index contributed by atoms with van der Waals surface area (Å²) in [6.07, 6.45) is 1.10. The molecule has 0 unspecified atom stereocenters. The highest BCUT2D eigenvalue weighted by molar-refractivity contribution is 14.1. The van der Waals surface area contributed by atoms with Crippen molar-refractivity contribution in [1.29, 1.82) is 0 Å². The number of aliphatic hydroxyl groups excluding tert-OH is 5. The molecule has 4 heterocycles. The first-order valence-corrected chi connectivity index (χ1v) is 48.4. The van der Waals surface area contributed by atoms with Gasteiger partial charge in [-0.3, -0.25) is 33.9 Å². The Morgan fingerprint density at radius 2 is 0.861 bits per heavy atom. The van der Waals surface area contributed by atoms with Gasteiger partial charge in [0.25, 0.3) is 0 Å². The molecule has 12 atom stereocenters. The lowest BCUT2D eigenvalue weighted by Crippen LogP contribution is -2.56. The zero-order chi connectivity index (χ0) is 104. The number of hydrogen-bond donors (Lipinski definition) is 10. The number of hydrogen-bond acceptors (Lipinski definition) is 22. The van der Waals surface area contributed by atoms with Gasteiger partial charge in [-0.05, 0) is 191 Å². The van der Waals surface area contributed by atoms with Crippen LogP contribution in [0.3, 0.4) is 0 Å². The van der Waals surface area contributed by atoms with Crippen LogP contribution in [0.15, 0.2) is 249 Å². The molecular formula is C107H157ClF3IN12O13. The molecule has 7 aromatic carbocycles. The second-order valence-electron chi connectivity index (χ2n) is 35.6. The number of anilines is 1. The largest absolute Gasteiger partial charge is 0.481 e. The van der Waals surface area contributed by atoms with Gasteiger partial charge in [-0.1, -0.05) is 256 Å². The maximum Gasteiger partial charge on any atom is 0.409 e. The van der Waals surface area contributed by atoms with Crippen molar-refractivity contribution in [1.82, 2.24) is 39.8 Å². The minimum absolute atomic E-state index is 0.0440. The molecule has 2 aliphatic heterocycles. The van der Waals surface area contributed by atoms with Crippen LogP contribution in [0.25, 0.3) is 0 Å². The summed E-state index contributed by atoms with van der Waals surface area (Å²) >= 11 is 6.91. The molecule has 2 fully saturated rings. The van der Waals surface area contributed by atoms with Gasteiger partial charge in [0.2, 0.25) is 29.7 Å². The molecule has 0 spiro atoms. The highest BCUT2D eigenvalue weighted by atomic mass is 127. The number of carbonyl (C=O) groups excluding carboxylic acids is 4. The first kappa shape index (κ1) is 123. The molecule has 2 aromatic heterocycles. The lowest BCUT2D eigenvalue weighted by Gasteiger charge is -2.45. The molecule has 13 N–H and O–H groups in total. The van der Waals surface area contributed by atoms with Crippen molar-refractivity contribution < 1.29 is 78.6 Å². The number of esters is 1. The summed E-state index contributed by atoms with van der Waals surface area (Å²) in [4.78, 5) is 75.6. The van der Waals surface area contributed by atoms with Gasteiger partial charge in [-0.25, -0.2) is 9.78 Å². The number of para-hydroxylation sites is 1. The Labute approximate surface area is 834 Å². The Hall–Kier alpha value is -9.68. The maximum absolute atomic E-state index is 13.4. The van der Waals surface area contributed by atoms with Crippen LogP contribution in [0.1, 0.15) is 172 Å². The van der Waals surface area contributed by atoms with E-state index in [9.17, 15) is 52.5 Å². The molecule has 0 bridgehead atoms. The number of piperazine rings is 2. The first-order valence-electron chi connectivity index (χ1n) is 47.2. The number of carbonyl (C=O) groups is 5. The molecule has 137 heavy (non-hydrogen) atoms. The zero-order valence-corrected chi connectivity index (χ0v) is 86.3. The van der Waals surface area contributed by atoms with Crippen molar-refractivity contribution in [2.75, 3.05) is 68.7 Å². The van der Waals surface area contributed by atoms with Crippen LogP contribution in [0.5, 0.6) is 5.75 Å². The highest BCUT2D eigenvalue weighted by Crippen LogP contribution is 2.25. The van der Waals surface area contributed by atoms with Crippen molar-refractivity contribution >= 4 is 69.2 Å². The van der Waals surface area contributed by atoms with Crippen molar-refractivity contribution in [3.63, 3.8) is 0 Å². The molecule has 0 saturated carbocycles. The van der Waals surface area contributed by atoms with Gasteiger partial charge in [0.15, 0.2) is 0 Å². The van der Waals surface area contributed by atoms with E-state index in [1.165, 1.54) is 41.3 Å². The Kier molecular flexibility index (Phi) is 65.4. The Balaban J connectivity index is 0.000000776. The summed E-state index contributed by atoms with van der Waals surface area (Å²) in [6.45, 7) is 42.3. The summed E-state index contributed by atoms with van der Waals surface area (Å²) in [5, 5.41) is 57.6. The van der Waals surface area contributed by atoms with Crippen LogP contribution in [0.4, 0.5) is 23.8 Å².